The van der Waals surface area contributed by atoms with Gasteiger partial charge in [0.1, 0.15) is 11.9 Å². The summed E-state index contributed by atoms with van der Waals surface area (Å²) in [5.41, 5.74) is 3.61. The van der Waals surface area contributed by atoms with Crippen molar-refractivity contribution in [3.63, 3.8) is 0 Å². The van der Waals surface area contributed by atoms with Gasteiger partial charge in [-0.3, -0.25) is 0 Å². The number of hydrogen-bond donors (Lipinski definition) is 1. The lowest BCUT2D eigenvalue weighted by atomic mass is 10.1. The molecule has 2 rings (SSSR count). The van der Waals surface area contributed by atoms with Crippen LogP contribution >= 0.6 is 15.9 Å². The first-order valence-corrected chi connectivity index (χ1v) is 6.76. The SMILES string of the molecule is Cc1cc(C)c(C#N)c(NCc2cccc(Br)c2)n1. The molecular formula is C15H14BrN3. The molecule has 0 atom stereocenters. The zero-order valence-corrected chi connectivity index (χ0v) is 12.5. The number of nitrogens with zero attached hydrogens (tertiary/aromatic N) is 2. The highest BCUT2D eigenvalue weighted by Crippen LogP contribution is 2.19. The standard InChI is InChI=1S/C15H14BrN3/c1-10-6-11(2)19-15(14(10)8-17)18-9-12-4-3-5-13(16)7-12/h3-7H,9H2,1-2H3,(H,18,19). The van der Waals surface area contributed by atoms with Gasteiger partial charge >= 0.3 is 0 Å². The molecule has 0 amide bonds. The molecule has 1 N–H and O–H groups in total. The van der Waals surface area contributed by atoms with Gasteiger partial charge in [-0.25, -0.2) is 4.98 Å². The zero-order valence-electron chi connectivity index (χ0n) is 10.9. The van der Waals surface area contributed by atoms with Crippen molar-refractivity contribution in [1.29, 1.82) is 5.26 Å². The molecule has 0 spiro atoms. The summed E-state index contributed by atoms with van der Waals surface area (Å²) in [6, 6.07) is 12.2. The van der Waals surface area contributed by atoms with Crippen LogP contribution in [0.1, 0.15) is 22.4 Å². The second kappa shape index (κ2) is 5.85. The molecule has 2 aromatic rings. The molecule has 0 aliphatic carbocycles. The van der Waals surface area contributed by atoms with Crippen LogP contribution in [0.15, 0.2) is 34.8 Å². The lowest BCUT2D eigenvalue weighted by Crippen LogP contribution is -2.05. The first kappa shape index (κ1) is 13.6. The molecule has 1 aromatic carbocycles. The maximum atomic E-state index is 9.19. The summed E-state index contributed by atoms with van der Waals surface area (Å²) >= 11 is 3.44. The maximum Gasteiger partial charge on any atom is 0.144 e. The Kier molecular flexibility index (Phi) is 4.18. The van der Waals surface area contributed by atoms with Crippen LogP contribution in [0.3, 0.4) is 0 Å². The Hall–Kier alpha value is -1.86. The molecule has 0 saturated heterocycles. The number of anilines is 1. The normalized spacial score (nSPS) is 10.0. The number of nitrogens with one attached hydrogen (secondary N) is 1. The number of benzene rings is 1. The van der Waals surface area contributed by atoms with Crippen molar-refractivity contribution in [3.8, 4) is 6.07 Å². The third-order valence-electron chi connectivity index (χ3n) is 2.81. The monoisotopic (exact) mass is 315 g/mol. The molecule has 4 heteroatoms. The van der Waals surface area contributed by atoms with Crippen molar-refractivity contribution in [1.82, 2.24) is 4.98 Å². The highest BCUT2D eigenvalue weighted by atomic mass is 79.9. The smallest absolute Gasteiger partial charge is 0.144 e. The van der Waals surface area contributed by atoms with Gasteiger partial charge in [-0.15, -0.1) is 0 Å². The van der Waals surface area contributed by atoms with E-state index >= 15 is 0 Å². The summed E-state index contributed by atoms with van der Waals surface area (Å²) < 4.78 is 1.04. The summed E-state index contributed by atoms with van der Waals surface area (Å²) in [4.78, 5) is 4.40. The predicted octanol–water partition coefficient (Wildman–Crippen LogP) is 3.94. The molecule has 3 nitrogen and oxygen atoms in total. The van der Waals surface area contributed by atoms with E-state index in [9.17, 15) is 5.26 Å². The van der Waals surface area contributed by atoms with E-state index < -0.39 is 0 Å². The fraction of sp³-hybridized carbons (Fsp3) is 0.200. The number of aryl methyl sites for hydroxylation is 2. The lowest BCUT2D eigenvalue weighted by Gasteiger charge is -2.10. The Morgan fingerprint density at radius 3 is 2.79 bits per heavy atom. The summed E-state index contributed by atoms with van der Waals surface area (Å²) in [6.07, 6.45) is 0. The van der Waals surface area contributed by atoms with Gasteiger partial charge in [0.05, 0.1) is 5.56 Å². The molecule has 0 aliphatic heterocycles. The Balaban J connectivity index is 2.22. The molecular weight excluding hydrogens is 302 g/mol. The average molecular weight is 316 g/mol. The van der Waals surface area contributed by atoms with E-state index in [1.54, 1.807) is 0 Å². The Morgan fingerprint density at radius 1 is 1.32 bits per heavy atom. The van der Waals surface area contributed by atoms with Crippen LogP contribution in [0.25, 0.3) is 0 Å². The van der Waals surface area contributed by atoms with Crippen molar-refractivity contribution in [3.05, 3.63) is 57.2 Å². The molecule has 19 heavy (non-hydrogen) atoms. The van der Waals surface area contributed by atoms with Gasteiger partial charge in [0.2, 0.25) is 0 Å². The predicted molar refractivity (Wildman–Crippen MR) is 79.9 cm³/mol. The van der Waals surface area contributed by atoms with Crippen LogP contribution < -0.4 is 5.32 Å². The van der Waals surface area contributed by atoms with Crippen LogP contribution in [0, 0.1) is 25.2 Å². The van der Waals surface area contributed by atoms with Gasteiger partial charge in [0.15, 0.2) is 0 Å². The van der Waals surface area contributed by atoms with E-state index in [4.69, 9.17) is 0 Å². The van der Waals surface area contributed by atoms with Crippen molar-refractivity contribution >= 4 is 21.7 Å². The van der Waals surface area contributed by atoms with E-state index in [0.717, 1.165) is 21.3 Å². The minimum Gasteiger partial charge on any atom is -0.365 e. The number of hydrogen-bond acceptors (Lipinski definition) is 3. The fourth-order valence-electron chi connectivity index (χ4n) is 1.94. The zero-order chi connectivity index (χ0) is 13.8. The Morgan fingerprint density at radius 2 is 2.11 bits per heavy atom. The van der Waals surface area contributed by atoms with E-state index in [1.807, 2.05) is 44.2 Å². The molecule has 0 bridgehead atoms. The number of halogens is 1. The molecule has 0 aliphatic rings. The van der Waals surface area contributed by atoms with Crippen molar-refractivity contribution in [2.24, 2.45) is 0 Å². The molecule has 0 fully saturated rings. The minimum absolute atomic E-state index is 0.612. The first-order valence-electron chi connectivity index (χ1n) is 5.97. The summed E-state index contributed by atoms with van der Waals surface area (Å²) in [5, 5.41) is 12.4. The number of rotatable bonds is 3. The second-order valence-electron chi connectivity index (χ2n) is 4.40. The van der Waals surface area contributed by atoms with Gasteiger partial charge in [0.25, 0.3) is 0 Å². The van der Waals surface area contributed by atoms with Crippen LogP contribution in [-0.2, 0) is 6.54 Å². The maximum absolute atomic E-state index is 9.19. The first-order chi connectivity index (χ1) is 9.10. The van der Waals surface area contributed by atoms with Gasteiger partial charge in [-0.2, -0.15) is 5.26 Å². The molecule has 0 radical (unpaired) electrons. The van der Waals surface area contributed by atoms with E-state index in [0.29, 0.717) is 17.9 Å². The third-order valence-corrected chi connectivity index (χ3v) is 3.30. The average Bonchev–Trinajstić information content (AvgIpc) is 2.36. The van der Waals surface area contributed by atoms with Gasteiger partial charge in [0, 0.05) is 16.7 Å². The number of aromatic nitrogens is 1. The van der Waals surface area contributed by atoms with Crippen LogP contribution in [0.5, 0.6) is 0 Å². The van der Waals surface area contributed by atoms with Crippen LogP contribution in [0.4, 0.5) is 5.82 Å². The summed E-state index contributed by atoms with van der Waals surface area (Å²) in [7, 11) is 0. The Labute approximate surface area is 121 Å². The van der Waals surface area contributed by atoms with E-state index in [2.05, 4.69) is 32.3 Å². The van der Waals surface area contributed by atoms with Crippen LogP contribution in [0.2, 0.25) is 0 Å². The highest BCUT2D eigenvalue weighted by Gasteiger charge is 2.08. The minimum atomic E-state index is 0.612. The van der Waals surface area contributed by atoms with Gasteiger partial charge in [-0.1, -0.05) is 28.1 Å². The topological polar surface area (TPSA) is 48.7 Å². The summed E-state index contributed by atoms with van der Waals surface area (Å²) in [5.74, 6) is 0.653. The lowest BCUT2D eigenvalue weighted by molar-refractivity contribution is 1.07. The van der Waals surface area contributed by atoms with E-state index in [1.165, 1.54) is 0 Å². The second-order valence-corrected chi connectivity index (χ2v) is 5.32. The number of pyridine rings is 1. The van der Waals surface area contributed by atoms with Crippen molar-refractivity contribution in [2.75, 3.05) is 5.32 Å². The van der Waals surface area contributed by atoms with Gasteiger partial charge in [-0.05, 0) is 43.2 Å². The third kappa shape index (κ3) is 3.33. The largest absolute Gasteiger partial charge is 0.365 e. The molecule has 96 valence electrons. The summed E-state index contributed by atoms with van der Waals surface area (Å²) in [6.45, 7) is 4.50. The Bertz CT molecular complexity index is 644. The van der Waals surface area contributed by atoms with Gasteiger partial charge < -0.3 is 5.32 Å². The van der Waals surface area contributed by atoms with Crippen molar-refractivity contribution in [2.45, 2.75) is 20.4 Å². The highest BCUT2D eigenvalue weighted by molar-refractivity contribution is 9.10. The molecule has 1 heterocycles. The van der Waals surface area contributed by atoms with E-state index in [-0.39, 0.29) is 0 Å². The van der Waals surface area contributed by atoms with Crippen LogP contribution in [-0.4, -0.2) is 4.98 Å². The number of nitriles is 1. The molecule has 1 aromatic heterocycles. The molecule has 0 saturated carbocycles. The van der Waals surface area contributed by atoms with Crippen molar-refractivity contribution < 1.29 is 0 Å². The molecule has 0 unspecified atom stereocenters. The quantitative estimate of drug-likeness (QED) is 0.933. The fourth-order valence-corrected chi connectivity index (χ4v) is 2.39.